The lowest BCUT2D eigenvalue weighted by atomic mass is 9.99. The van der Waals surface area contributed by atoms with Gasteiger partial charge in [-0.1, -0.05) is 35.3 Å². The highest BCUT2D eigenvalue weighted by atomic mass is 35.5. The van der Waals surface area contributed by atoms with E-state index in [0.717, 1.165) is 11.1 Å². The van der Waals surface area contributed by atoms with Gasteiger partial charge in [-0.2, -0.15) is 0 Å². The zero-order chi connectivity index (χ0) is 13.1. The zero-order valence-electron chi connectivity index (χ0n) is 9.75. The maximum atomic E-state index is 12.9. The van der Waals surface area contributed by atoms with E-state index >= 15 is 0 Å². The molecule has 0 aliphatic heterocycles. The van der Waals surface area contributed by atoms with Crippen molar-refractivity contribution in [2.24, 2.45) is 0 Å². The number of rotatable bonds is 3. The summed E-state index contributed by atoms with van der Waals surface area (Å²) in [6, 6.07) is 11.5. The molecule has 0 amide bonds. The van der Waals surface area contributed by atoms with E-state index < -0.39 is 0 Å². The Morgan fingerprint density at radius 1 is 1.06 bits per heavy atom. The smallest absolute Gasteiger partial charge is 0.123 e. The second kappa shape index (κ2) is 5.70. The molecule has 0 aliphatic carbocycles. The van der Waals surface area contributed by atoms with Crippen LogP contribution in [0.4, 0.5) is 4.39 Å². The summed E-state index contributed by atoms with van der Waals surface area (Å²) in [5.74, 6) is -0.259. The van der Waals surface area contributed by atoms with E-state index in [0.29, 0.717) is 10.0 Å². The van der Waals surface area contributed by atoms with E-state index in [1.54, 1.807) is 24.3 Å². The molecule has 0 bridgehead atoms. The van der Waals surface area contributed by atoms with Crippen molar-refractivity contribution in [3.8, 4) is 0 Å². The first kappa shape index (κ1) is 13.3. The van der Waals surface area contributed by atoms with Gasteiger partial charge in [0.2, 0.25) is 0 Å². The molecule has 94 valence electrons. The maximum absolute atomic E-state index is 12.9. The molecule has 1 nitrogen and oxygen atoms in total. The van der Waals surface area contributed by atoms with Gasteiger partial charge in [-0.15, -0.1) is 0 Å². The van der Waals surface area contributed by atoms with Crippen LogP contribution in [-0.2, 0) is 0 Å². The monoisotopic (exact) mass is 283 g/mol. The van der Waals surface area contributed by atoms with Crippen LogP contribution in [0.15, 0.2) is 42.5 Å². The van der Waals surface area contributed by atoms with Gasteiger partial charge in [0.1, 0.15) is 5.82 Å². The summed E-state index contributed by atoms with van der Waals surface area (Å²) in [5.41, 5.74) is 1.81. The molecule has 0 radical (unpaired) electrons. The molecule has 0 aliphatic rings. The Kier molecular flexibility index (Phi) is 4.23. The molecule has 1 unspecified atom stereocenters. The van der Waals surface area contributed by atoms with Gasteiger partial charge in [-0.05, 0) is 48.5 Å². The van der Waals surface area contributed by atoms with Gasteiger partial charge in [0, 0.05) is 10.0 Å². The first-order valence-electron chi connectivity index (χ1n) is 5.49. The molecule has 2 rings (SSSR count). The number of hydrogen-bond donors (Lipinski definition) is 1. The van der Waals surface area contributed by atoms with Gasteiger partial charge in [-0.3, -0.25) is 0 Å². The third-order valence-electron chi connectivity index (χ3n) is 2.76. The Bertz CT molecular complexity index is 540. The van der Waals surface area contributed by atoms with Gasteiger partial charge in [0.15, 0.2) is 0 Å². The fraction of sp³-hybridized carbons (Fsp3) is 0.143. The standard InChI is InChI=1S/C14H12Cl2FN/c1-18-14(9-2-5-11(17)6-3-9)12-8-10(15)4-7-13(12)16/h2-8,14,18H,1H3. The summed E-state index contributed by atoms with van der Waals surface area (Å²) in [7, 11) is 1.82. The minimum absolute atomic E-state index is 0.114. The molecular formula is C14H12Cl2FN. The molecule has 2 aromatic rings. The summed E-state index contributed by atoms with van der Waals surface area (Å²) in [6.07, 6.45) is 0. The molecule has 1 atom stereocenters. The molecule has 0 saturated carbocycles. The summed E-state index contributed by atoms with van der Waals surface area (Å²) in [4.78, 5) is 0. The number of benzene rings is 2. The Labute approximate surface area is 116 Å². The minimum atomic E-state index is -0.259. The normalized spacial score (nSPS) is 12.4. The lowest BCUT2D eigenvalue weighted by molar-refractivity contribution is 0.623. The second-order valence-electron chi connectivity index (χ2n) is 3.94. The van der Waals surface area contributed by atoms with E-state index in [2.05, 4.69) is 5.32 Å². The quantitative estimate of drug-likeness (QED) is 0.878. The van der Waals surface area contributed by atoms with Crippen LogP contribution in [0, 0.1) is 5.82 Å². The van der Waals surface area contributed by atoms with Crippen LogP contribution < -0.4 is 5.32 Å². The molecule has 1 N–H and O–H groups in total. The van der Waals surface area contributed by atoms with Gasteiger partial charge in [0.05, 0.1) is 6.04 Å². The first-order chi connectivity index (χ1) is 8.61. The van der Waals surface area contributed by atoms with Crippen molar-refractivity contribution < 1.29 is 4.39 Å². The largest absolute Gasteiger partial charge is 0.309 e. The van der Waals surface area contributed by atoms with Gasteiger partial charge >= 0.3 is 0 Å². The number of halogens is 3. The third kappa shape index (κ3) is 2.83. The molecule has 0 aromatic heterocycles. The van der Waals surface area contributed by atoms with Crippen LogP contribution in [0.25, 0.3) is 0 Å². The highest BCUT2D eigenvalue weighted by Crippen LogP contribution is 2.30. The Morgan fingerprint density at radius 3 is 2.33 bits per heavy atom. The van der Waals surface area contributed by atoms with Crippen molar-refractivity contribution in [3.63, 3.8) is 0 Å². The predicted molar refractivity (Wildman–Crippen MR) is 73.8 cm³/mol. The van der Waals surface area contributed by atoms with Crippen molar-refractivity contribution in [1.29, 1.82) is 0 Å². The highest BCUT2D eigenvalue weighted by molar-refractivity contribution is 6.33. The molecule has 0 saturated heterocycles. The van der Waals surface area contributed by atoms with Gasteiger partial charge in [-0.25, -0.2) is 4.39 Å². The number of nitrogens with one attached hydrogen (secondary N) is 1. The van der Waals surface area contributed by atoms with Crippen molar-refractivity contribution in [2.75, 3.05) is 7.05 Å². The van der Waals surface area contributed by atoms with Crippen LogP contribution in [0.5, 0.6) is 0 Å². The molecule has 0 heterocycles. The molecule has 0 fully saturated rings. The zero-order valence-corrected chi connectivity index (χ0v) is 11.3. The lowest BCUT2D eigenvalue weighted by Gasteiger charge is -2.18. The summed E-state index contributed by atoms with van der Waals surface area (Å²) in [6.45, 7) is 0. The van der Waals surface area contributed by atoms with Gasteiger partial charge in [0.25, 0.3) is 0 Å². The van der Waals surface area contributed by atoms with Crippen LogP contribution >= 0.6 is 23.2 Å². The summed E-state index contributed by atoms with van der Waals surface area (Å²) >= 11 is 12.2. The molecular weight excluding hydrogens is 272 g/mol. The summed E-state index contributed by atoms with van der Waals surface area (Å²) in [5, 5.41) is 4.41. The molecule has 18 heavy (non-hydrogen) atoms. The lowest BCUT2D eigenvalue weighted by Crippen LogP contribution is -2.18. The fourth-order valence-electron chi connectivity index (χ4n) is 1.89. The Hall–Kier alpha value is -1.09. The van der Waals surface area contributed by atoms with Crippen LogP contribution in [0.1, 0.15) is 17.2 Å². The van der Waals surface area contributed by atoms with Crippen LogP contribution in [0.2, 0.25) is 10.0 Å². The first-order valence-corrected chi connectivity index (χ1v) is 6.25. The van der Waals surface area contributed by atoms with E-state index in [9.17, 15) is 4.39 Å². The fourth-order valence-corrected chi connectivity index (χ4v) is 2.30. The average molecular weight is 284 g/mol. The van der Waals surface area contributed by atoms with Gasteiger partial charge < -0.3 is 5.32 Å². The van der Waals surface area contributed by atoms with E-state index in [4.69, 9.17) is 23.2 Å². The Balaban J connectivity index is 2.44. The number of hydrogen-bond acceptors (Lipinski definition) is 1. The van der Waals surface area contributed by atoms with E-state index in [1.807, 2.05) is 13.1 Å². The Morgan fingerprint density at radius 2 is 1.72 bits per heavy atom. The molecule has 4 heteroatoms. The molecule has 2 aromatic carbocycles. The van der Waals surface area contributed by atoms with Crippen molar-refractivity contribution in [2.45, 2.75) is 6.04 Å². The highest BCUT2D eigenvalue weighted by Gasteiger charge is 2.15. The predicted octanol–water partition coefficient (Wildman–Crippen LogP) is 4.44. The topological polar surface area (TPSA) is 12.0 Å². The van der Waals surface area contributed by atoms with Crippen molar-refractivity contribution in [1.82, 2.24) is 5.32 Å². The molecule has 0 spiro atoms. The third-order valence-corrected chi connectivity index (χ3v) is 3.34. The summed E-state index contributed by atoms with van der Waals surface area (Å²) < 4.78 is 12.9. The van der Waals surface area contributed by atoms with Crippen LogP contribution in [0.3, 0.4) is 0 Å². The second-order valence-corrected chi connectivity index (χ2v) is 4.78. The SMILES string of the molecule is CNC(c1ccc(F)cc1)c1cc(Cl)ccc1Cl. The van der Waals surface area contributed by atoms with E-state index in [-0.39, 0.29) is 11.9 Å². The van der Waals surface area contributed by atoms with Crippen molar-refractivity contribution in [3.05, 3.63) is 69.5 Å². The average Bonchev–Trinajstić information content (AvgIpc) is 2.37. The maximum Gasteiger partial charge on any atom is 0.123 e. The van der Waals surface area contributed by atoms with Crippen molar-refractivity contribution >= 4 is 23.2 Å². The van der Waals surface area contributed by atoms with Crippen LogP contribution in [-0.4, -0.2) is 7.05 Å². The van der Waals surface area contributed by atoms with E-state index in [1.165, 1.54) is 12.1 Å². The minimum Gasteiger partial charge on any atom is -0.309 e.